The molecule has 0 atom stereocenters. The third-order valence-corrected chi connectivity index (χ3v) is 3.73. The predicted molar refractivity (Wildman–Crippen MR) is 56.8 cm³/mol. The Morgan fingerprint density at radius 1 is 1.43 bits per heavy atom. The lowest BCUT2D eigenvalue weighted by molar-refractivity contribution is 0.595. The fraction of sp³-hybridized carbons (Fsp3) is 0.444. The van der Waals surface area contributed by atoms with Crippen molar-refractivity contribution < 1.29 is 8.42 Å². The van der Waals surface area contributed by atoms with Gasteiger partial charge in [0.05, 0.1) is 5.75 Å². The van der Waals surface area contributed by atoms with Crippen LogP contribution in [-0.4, -0.2) is 26.2 Å². The Bertz CT molecular complexity index is 415. The average Bonchev–Trinajstić information content (AvgIpc) is 2.16. The van der Waals surface area contributed by atoms with E-state index in [4.69, 9.17) is 0 Å². The topological polar surface area (TPSA) is 50.3 Å². The summed E-state index contributed by atoms with van der Waals surface area (Å²) in [5.74, 6) is 0.547. The molecule has 1 rings (SSSR count). The minimum absolute atomic E-state index is 0.0825. The number of aryl methyl sites for hydroxylation is 1. The first-order valence-corrected chi connectivity index (χ1v) is 5.98. The van der Waals surface area contributed by atoms with Crippen molar-refractivity contribution in [3.8, 4) is 0 Å². The summed E-state index contributed by atoms with van der Waals surface area (Å²) >= 11 is 0. The Hall–Kier alpha value is -1.10. The van der Waals surface area contributed by atoms with Crippen LogP contribution in [0.1, 0.15) is 12.6 Å². The molecule has 0 spiro atoms. The van der Waals surface area contributed by atoms with E-state index in [1.54, 1.807) is 19.1 Å². The van der Waals surface area contributed by atoms with Crippen LogP contribution in [0.3, 0.4) is 0 Å². The summed E-state index contributed by atoms with van der Waals surface area (Å²) in [7, 11) is -1.68. The molecule has 0 aliphatic heterocycles. The first-order valence-electron chi connectivity index (χ1n) is 4.37. The van der Waals surface area contributed by atoms with Gasteiger partial charge in [0.1, 0.15) is 5.82 Å². The second kappa shape index (κ2) is 3.96. The van der Waals surface area contributed by atoms with Gasteiger partial charge in [-0.15, -0.1) is 0 Å². The molecule has 78 valence electrons. The molecule has 0 radical (unpaired) electrons. The van der Waals surface area contributed by atoms with Gasteiger partial charge in [-0.25, -0.2) is 13.4 Å². The van der Waals surface area contributed by atoms with Crippen LogP contribution in [0.4, 0.5) is 5.82 Å². The van der Waals surface area contributed by atoms with Crippen LogP contribution in [-0.2, 0) is 10.0 Å². The molecule has 0 fully saturated rings. The van der Waals surface area contributed by atoms with Crippen LogP contribution in [0.25, 0.3) is 0 Å². The highest BCUT2D eigenvalue weighted by molar-refractivity contribution is 7.92. The van der Waals surface area contributed by atoms with Crippen molar-refractivity contribution in [2.24, 2.45) is 0 Å². The van der Waals surface area contributed by atoms with Gasteiger partial charge in [0.15, 0.2) is 0 Å². The van der Waals surface area contributed by atoms with Crippen LogP contribution in [0.2, 0.25) is 0 Å². The van der Waals surface area contributed by atoms with Gasteiger partial charge in [0, 0.05) is 12.7 Å². The highest BCUT2D eigenvalue weighted by Gasteiger charge is 2.16. The fourth-order valence-electron chi connectivity index (χ4n) is 1.04. The summed E-state index contributed by atoms with van der Waals surface area (Å²) < 4.78 is 24.2. The zero-order chi connectivity index (χ0) is 10.8. The number of pyridine rings is 1. The van der Waals surface area contributed by atoms with Gasteiger partial charge in [-0.05, 0) is 26.0 Å². The van der Waals surface area contributed by atoms with Gasteiger partial charge < -0.3 is 0 Å². The van der Waals surface area contributed by atoms with Crippen LogP contribution < -0.4 is 4.31 Å². The molecular weight excluding hydrogens is 200 g/mol. The molecular formula is C9H14N2O2S. The van der Waals surface area contributed by atoms with Crippen molar-refractivity contribution in [1.29, 1.82) is 0 Å². The lowest BCUT2D eigenvalue weighted by Gasteiger charge is -2.17. The molecule has 0 saturated carbocycles. The SMILES string of the molecule is CCS(=O)(=O)N(C)c1cccc(C)n1. The van der Waals surface area contributed by atoms with Gasteiger partial charge in [0.2, 0.25) is 10.0 Å². The Labute approximate surface area is 84.6 Å². The standard InChI is InChI=1S/C9H14N2O2S/c1-4-14(12,13)11(3)9-7-5-6-8(2)10-9/h5-7H,4H2,1-3H3. The number of hydrogen-bond acceptors (Lipinski definition) is 3. The van der Waals surface area contributed by atoms with E-state index in [2.05, 4.69) is 4.98 Å². The third kappa shape index (κ3) is 2.23. The van der Waals surface area contributed by atoms with Gasteiger partial charge in [0.25, 0.3) is 0 Å². The van der Waals surface area contributed by atoms with E-state index in [-0.39, 0.29) is 5.75 Å². The van der Waals surface area contributed by atoms with E-state index >= 15 is 0 Å². The maximum Gasteiger partial charge on any atom is 0.235 e. The van der Waals surface area contributed by atoms with E-state index in [0.717, 1.165) is 5.69 Å². The number of hydrogen-bond donors (Lipinski definition) is 0. The van der Waals surface area contributed by atoms with Crippen molar-refractivity contribution in [2.45, 2.75) is 13.8 Å². The summed E-state index contributed by atoms with van der Waals surface area (Å²) in [5.41, 5.74) is 0.806. The van der Waals surface area contributed by atoms with Crippen LogP contribution in [0, 0.1) is 6.92 Å². The summed E-state index contributed by atoms with van der Waals surface area (Å²) in [6.45, 7) is 3.44. The molecule has 0 bridgehead atoms. The molecule has 0 amide bonds. The molecule has 4 nitrogen and oxygen atoms in total. The molecule has 1 aromatic rings. The van der Waals surface area contributed by atoms with Crippen LogP contribution >= 0.6 is 0 Å². The first-order chi connectivity index (χ1) is 6.47. The van der Waals surface area contributed by atoms with E-state index in [1.807, 2.05) is 13.0 Å². The monoisotopic (exact) mass is 214 g/mol. The quantitative estimate of drug-likeness (QED) is 0.759. The molecule has 0 N–H and O–H groups in total. The summed E-state index contributed by atoms with van der Waals surface area (Å²) in [6, 6.07) is 5.30. The molecule has 14 heavy (non-hydrogen) atoms. The van der Waals surface area contributed by atoms with E-state index in [1.165, 1.54) is 11.4 Å². The molecule has 0 aliphatic rings. The number of nitrogens with zero attached hydrogens (tertiary/aromatic N) is 2. The van der Waals surface area contributed by atoms with E-state index in [9.17, 15) is 8.42 Å². The number of rotatable bonds is 3. The van der Waals surface area contributed by atoms with E-state index < -0.39 is 10.0 Å². The molecule has 1 aromatic heterocycles. The number of sulfonamides is 1. The fourth-order valence-corrected chi connectivity index (χ4v) is 1.81. The molecule has 0 unspecified atom stereocenters. The normalized spacial score (nSPS) is 11.4. The van der Waals surface area contributed by atoms with Gasteiger partial charge in [-0.2, -0.15) is 0 Å². The average molecular weight is 214 g/mol. The van der Waals surface area contributed by atoms with Crippen LogP contribution in [0.5, 0.6) is 0 Å². The van der Waals surface area contributed by atoms with Crippen molar-refractivity contribution in [3.63, 3.8) is 0 Å². The molecule has 1 heterocycles. The maximum atomic E-state index is 11.5. The van der Waals surface area contributed by atoms with Gasteiger partial charge in [-0.1, -0.05) is 6.07 Å². The minimum atomic E-state index is -3.20. The number of aromatic nitrogens is 1. The lowest BCUT2D eigenvalue weighted by atomic mass is 10.4. The zero-order valence-electron chi connectivity index (χ0n) is 8.56. The Morgan fingerprint density at radius 3 is 2.57 bits per heavy atom. The summed E-state index contributed by atoms with van der Waals surface area (Å²) in [6.07, 6.45) is 0. The Kier molecular flexibility index (Phi) is 3.10. The largest absolute Gasteiger partial charge is 0.257 e. The lowest BCUT2D eigenvalue weighted by Crippen LogP contribution is -2.28. The van der Waals surface area contributed by atoms with Crippen LogP contribution in [0.15, 0.2) is 18.2 Å². The van der Waals surface area contributed by atoms with Gasteiger partial charge in [-0.3, -0.25) is 4.31 Å². The Morgan fingerprint density at radius 2 is 2.07 bits per heavy atom. The Balaban J connectivity index is 3.07. The van der Waals surface area contributed by atoms with Gasteiger partial charge >= 0.3 is 0 Å². The number of anilines is 1. The second-order valence-corrected chi connectivity index (χ2v) is 5.29. The molecule has 0 aromatic carbocycles. The third-order valence-electron chi connectivity index (χ3n) is 1.98. The maximum absolute atomic E-state index is 11.5. The first kappa shape index (κ1) is 11.0. The summed E-state index contributed by atoms with van der Waals surface area (Å²) in [5, 5.41) is 0. The smallest absolute Gasteiger partial charge is 0.235 e. The summed E-state index contributed by atoms with van der Waals surface area (Å²) in [4.78, 5) is 4.13. The van der Waals surface area contributed by atoms with Crippen molar-refractivity contribution in [3.05, 3.63) is 23.9 Å². The zero-order valence-corrected chi connectivity index (χ0v) is 9.37. The second-order valence-electron chi connectivity index (χ2n) is 3.01. The predicted octanol–water partition coefficient (Wildman–Crippen LogP) is 1.18. The highest BCUT2D eigenvalue weighted by Crippen LogP contribution is 2.13. The molecule has 5 heteroatoms. The highest BCUT2D eigenvalue weighted by atomic mass is 32.2. The van der Waals surface area contributed by atoms with Crippen molar-refractivity contribution >= 4 is 15.8 Å². The minimum Gasteiger partial charge on any atom is -0.257 e. The molecule has 0 aliphatic carbocycles. The van der Waals surface area contributed by atoms with Crippen molar-refractivity contribution in [2.75, 3.05) is 17.1 Å². The van der Waals surface area contributed by atoms with Crippen molar-refractivity contribution in [1.82, 2.24) is 4.98 Å². The van der Waals surface area contributed by atoms with E-state index in [0.29, 0.717) is 5.82 Å². The molecule has 0 saturated heterocycles.